The minimum absolute atomic E-state index is 0.482. The van der Waals surface area contributed by atoms with Crippen LogP contribution in [0, 0.1) is 11.8 Å². The predicted octanol–water partition coefficient (Wildman–Crippen LogP) is 3.12. The molecule has 1 saturated carbocycles. The molecule has 0 amide bonds. The first-order valence-corrected chi connectivity index (χ1v) is 8.72. The summed E-state index contributed by atoms with van der Waals surface area (Å²) >= 11 is 0. The molecule has 1 N–H and O–H groups in total. The maximum absolute atomic E-state index is 11.1. The van der Waals surface area contributed by atoms with Gasteiger partial charge in [0.1, 0.15) is 0 Å². The summed E-state index contributed by atoms with van der Waals surface area (Å²) in [6.07, 6.45) is 4.79. The van der Waals surface area contributed by atoms with Crippen molar-refractivity contribution in [3.05, 3.63) is 35.4 Å². The van der Waals surface area contributed by atoms with Crippen LogP contribution in [0.1, 0.15) is 55.6 Å². The third-order valence-corrected chi connectivity index (χ3v) is 7.07. The molecule has 6 atom stereocenters. The molecule has 3 fully saturated rings. The highest BCUT2D eigenvalue weighted by Crippen LogP contribution is 2.62. The Morgan fingerprint density at radius 3 is 2.67 bits per heavy atom. The number of hydrogen-bond donors (Lipinski definition) is 1. The molecule has 2 heteroatoms. The Kier molecular flexibility index (Phi) is 2.48. The zero-order chi connectivity index (χ0) is 14.2. The third-order valence-electron chi connectivity index (χ3n) is 7.07. The van der Waals surface area contributed by atoms with E-state index in [1.807, 2.05) is 0 Å². The molecule has 2 saturated heterocycles. The molecular formula is C19H25NO. The normalized spacial score (nSPS) is 47.8. The summed E-state index contributed by atoms with van der Waals surface area (Å²) in [5.74, 6) is 2.60. The van der Waals surface area contributed by atoms with E-state index in [4.69, 9.17) is 0 Å². The van der Waals surface area contributed by atoms with Gasteiger partial charge in [-0.25, -0.2) is 0 Å². The summed E-state index contributed by atoms with van der Waals surface area (Å²) in [6.45, 7) is 4.60. The topological polar surface area (TPSA) is 23.5 Å². The van der Waals surface area contributed by atoms with Gasteiger partial charge in [-0.15, -0.1) is 0 Å². The second-order valence-electron chi connectivity index (χ2n) is 8.04. The number of piperidine rings is 2. The van der Waals surface area contributed by atoms with Crippen molar-refractivity contribution in [3.63, 3.8) is 0 Å². The minimum atomic E-state index is -0.482. The van der Waals surface area contributed by atoms with Crippen molar-refractivity contribution < 1.29 is 5.11 Å². The van der Waals surface area contributed by atoms with Crippen LogP contribution in [0.4, 0.5) is 0 Å². The lowest BCUT2D eigenvalue weighted by molar-refractivity contribution is -0.135. The molecule has 0 bridgehead atoms. The van der Waals surface area contributed by atoms with Gasteiger partial charge in [0.05, 0.1) is 5.60 Å². The quantitative estimate of drug-likeness (QED) is 0.791. The molecule has 0 radical (unpaired) electrons. The first-order valence-electron chi connectivity index (χ1n) is 8.72. The van der Waals surface area contributed by atoms with Crippen molar-refractivity contribution in [2.45, 2.75) is 56.1 Å². The van der Waals surface area contributed by atoms with Crippen LogP contribution < -0.4 is 0 Å². The summed E-state index contributed by atoms with van der Waals surface area (Å²) in [5, 5.41) is 11.1. The smallest absolute Gasteiger partial charge is 0.0668 e. The lowest BCUT2D eigenvalue weighted by Gasteiger charge is -2.58. The number of nitrogens with zero attached hydrogens (tertiary/aromatic N) is 1. The van der Waals surface area contributed by atoms with Crippen LogP contribution in [0.3, 0.4) is 0 Å². The van der Waals surface area contributed by atoms with Gasteiger partial charge in [-0.1, -0.05) is 24.3 Å². The fraction of sp³-hybridized carbons (Fsp3) is 0.684. The van der Waals surface area contributed by atoms with E-state index in [-0.39, 0.29) is 0 Å². The Labute approximate surface area is 127 Å². The fourth-order valence-electron chi connectivity index (χ4n) is 6.39. The van der Waals surface area contributed by atoms with Gasteiger partial charge in [-0.05, 0) is 74.6 Å². The largest absolute Gasteiger partial charge is 0.390 e. The molecular weight excluding hydrogens is 258 g/mol. The Hall–Kier alpha value is -0.860. The molecule has 4 aliphatic rings. The van der Waals surface area contributed by atoms with E-state index in [0.29, 0.717) is 17.9 Å². The van der Waals surface area contributed by atoms with E-state index in [1.165, 1.54) is 32.4 Å². The molecule has 2 aliphatic carbocycles. The van der Waals surface area contributed by atoms with Crippen molar-refractivity contribution in [1.82, 2.24) is 4.90 Å². The van der Waals surface area contributed by atoms with E-state index in [0.717, 1.165) is 18.3 Å². The van der Waals surface area contributed by atoms with Gasteiger partial charge in [0.15, 0.2) is 0 Å². The van der Waals surface area contributed by atoms with E-state index >= 15 is 0 Å². The highest BCUT2D eigenvalue weighted by Gasteiger charge is 2.59. The maximum Gasteiger partial charge on any atom is 0.0668 e. The first-order chi connectivity index (χ1) is 10.2. The van der Waals surface area contributed by atoms with E-state index < -0.39 is 5.60 Å². The van der Waals surface area contributed by atoms with Gasteiger partial charge < -0.3 is 5.11 Å². The molecule has 2 nitrogen and oxygen atoms in total. The van der Waals surface area contributed by atoms with Crippen molar-refractivity contribution in [2.75, 3.05) is 13.1 Å². The molecule has 21 heavy (non-hydrogen) atoms. The second-order valence-corrected chi connectivity index (χ2v) is 8.04. The van der Waals surface area contributed by atoms with Crippen molar-refractivity contribution in [2.24, 2.45) is 11.8 Å². The van der Waals surface area contributed by atoms with Gasteiger partial charge in [0.25, 0.3) is 0 Å². The van der Waals surface area contributed by atoms with Crippen molar-refractivity contribution in [1.29, 1.82) is 0 Å². The highest BCUT2D eigenvalue weighted by molar-refractivity contribution is 5.43. The molecule has 1 aromatic carbocycles. The van der Waals surface area contributed by atoms with Gasteiger partial charge in [-0.3, -0.25) is 4.90 Å². The Balaban J connectivity index is 1.67. The zero-order valence-corrected chi connectivity index (χ0v) is 12.8. The second kappa shape index (κ2) is 4.11. The first kappa shape index (κ1) is 12.7. The van der Waals surface area contributed by atoms with Gasteiger partial charge in [0.2, 0.25) is 0 Å². The van der Waals surface area contributed by atoms with Gasteiger partial charge in [0, 0.05) is 12.0 Å². The SMILES string of the molecule is CC1(O)CC2c3ccccc3C3CCN4CCCC1C4C32. The standard InChI is InChI=1S/C19H25NO/c1-19(21)11-15-13-6-3-2-5-12(13)14-8-10-20-9-4-7-16(19)18(20)17(14)15/h2-3,5-6,14-18,21H,4,7-11H2,1H3. The monoisotopic (exact) mass is 283 g/mol. The summed E-state index contributed by atoms with van der Waals surface area (Å²) in [7, 11) is 0. The number of aliphatic hydroxyl groups is 1. The van der Waals surface area contributed by atoms with Crippen LogP contribution in [-0.4, -0.2) is 34.7 Å². The van der Waals surface area contributed by atoms with E-state index in [1.54, 1.807) is 11.1 Å². The average molecular weight is 283 g/mol. The highest BCUT2D eigenvalue weighted by atomic mass is 16.3. The zero-order valence-electron chi connectivity index (χ0n) is 12.8. The number of fused-ring (bicyclic) bond motifs is 3. The van der Waals surface area contributed by atoms with Crippen LogP contribution in [0.5, 0.6) is 0 Å². The molecule has 2 heterocycles. The summed E-state index contributed by atoms with van der Waals surface area (Å²) < 4.78 is 0. The van der Waals surface area contributed by atoms with Gasteiger partial charge >= 0.3 is 0 Å². The fourth-order valence-corrected chi connectivity index (χ4v) is 6.39. The molecule has 0 spiro atoms. The molecule has 2 aliphatic heterocycles. The van der Waals surface area contributed by atoms with Crippen LogP contribution in [0.15, 0.2) is 24.3 Å². The Morgan fingerprint density at radius 1 is 1.10 bits per heavy atom. The lowest BCUT2D eigenvalue weighted by Crippen LogP contribution is -2.63. The van der Waals surface area contributed by atoms with Gasteiger partial charge in [-0.2, -0.15) is 0 Å². The number of benzene rings is 1. The summed E-state index contributed by atoms with van der Waals surface area (Å²) in [6, 6.07) is 9.72. The van der Waals surface area contributed by atoms with Crippen LogP contribution >= 0.6 is 0 Å². The molecule has 5 rings (SSSR count). The van der Waals surface area contributed by atoms with E-state index in [2.05, 4.69) is 36.1 Å². The number of rotatable bonds is 0. The molecule has 0 aromatic heterocycles. The summed E-state index contributed by atoms with van der Waals surface area (Å²) in [4.78, 5) is 2.72. The predicted molar refractivity (Wildman–Crippen MR) is 83.4 cm³/mol. The Morgan fingerprint density at radius 2 is 1.86 bits per heavy atom. The van der Waals surface area contributed by atoms with Crippen molar-refractivity contribution in [3.8, 4) is 0 Å². The van der Waals surface area contributed by atoms with E-state index in [9.17, 15) is 5.11 Å². The molecule has 1 aromatic rings. The van der Waals surface area contributed by atoms with Crippen molar-refractivity contribution >= 4 is 0 Å². The van der Waals surface area contributed by atoms with Crippen LogP contribution in [-0.2, 0) is 0 Å². The maximum atomic E-state index is 11.1. The van der Waals surface area contributed by atoms with Crippen LogP contribution in [0.25, 0.3) is 0 Å². The third kappa shape index (κ3) is 1.55. The summed E-state index contributed by atoms with van der Waals surface area (Å²) in [5.41, 5.74) is 2.68. The van der Waals surface area contributed by atoms with Crippen LogP contribution in [0.2, 0.25) is 0 Å². The molecule has 6 unspecified atom stereocenters. The number of hydrogen-bond acceptors (Lipinski definition) is 2. The minimum Gasteiger partial charge on any atom is -0.390 e. The lowest BCUT2D eigenvalue weighted by atomic mass is 9.57. The Bertz CT molecular complexity index is 581. The molecule has 112 valence electrons. The average Bonchev–Trinajstić information content (AvgIpc) is 2.81.